The molecule has 1 aliphatic rings. The van der Waals surface area contributed by atoms with E-state index >= 15 is 0 Å². The minimum Gasteiger partial charge on any atom is -0.379 e. The summed E-state index contributed by atoms with van der Waals surface area (Å²) in [6, 6.07) is 1.19. The maximum Gasteiger partial charge on any atom is 0.0594 e. The van der Waals surface area contributed by atoms with Gasteiger partial charge in [-0.05, 0) is 26.8 Å². The number of hydrogen-bond donors (Lipinski definition) is 1. The number of ether oxygens (including phenoxy) is 1. The standard InChI is InChI=1S/C11H24N2O/c1-4-5-12-10(2)11(3)13-6-8-14-9-7-13/h10-12H,4-9H2,1-3H3. The van der Waals surface area contributed by atoms with Crippen LogP contribution in [0.25, 0.3) is 0 Å². The van der Waals surface area contributed by atoms with Crippen LogP contribution in [0.5, 0.6) is 0 Å². The van der Waals surface area contributed by atoms with Crippen LogP contribution in [0.3, 0.4) is 0 Å². The lowest BCUT2D eigenvalue weighted by Crippen LogP contribution is -2.51. The van der Waals surface area contributed by atoms with Crippen LogP contribution >= 0.6 is 0 Å². The van der Waals surface area contributed by atoms with Crippen molar-refractivity contribution in [3.63, 3.8) is 0 Å². The second kappa shape index (κ2) is 6.38. The molecule has 1 N–H and O–H groups in total. The van der Waals surface area contributed by atoms with Gasteiger partial charge in [0.25, 0.3) is 0 Å². The second-order valence-electron chi connectivity index (χ2n) is 4.13. The van der Waals surface area contributed by atoms with Gasteiger partial charge in [0.05, 0.1) is 13.2 Å². The summed E-state index contributed by atoms with van der Waals surface area (Å²) < 4.78 is 5.35. The summed E-state index contributed by atoms with van der Waals surface area (Å²) in [6.07, 6.45) is 1.21. The lowest BCUT2D eigenvalue weighted by Gasteiger charge is -2.36. The van der Waals surface area contributed by atoms with Gasteiger partial charge in [-0.25, -0.2) is 0 Å². The minimum absolute atomic E-state index is 0.577. The Bertz CT molecular complexity index is 146. The molecular formula is C11H24N2O. The zero-order chi connectivity index (χ0) is 10.4. The Morgan fingerprint density at radius 1 is 1.29 bits per heavy atom. The third kappa shape index (κ3) is 3.56. The van der Waals surface area contributed by atoms with Gasteiger partial charge in [0.15, 0.2) is 0 Å². The van der Waals surface area contributed by atoms with E-state index in [9.17, 15) is 0 Å². The fraction of sp³-hybridized carbons (Fsp3) is 1.00. The monoisotopic (exact) mass is 200 g/mol. The number of nitrogens with zero attached hydrogens (tertiary/aromatic N) is 1. The molecule has 0 spiro atoms. The highest BCUT2D eigenvalue weighted by molar-refractivity contribution is 4.78. The SMILES string of the molecule is CCCNC(C)C(C)N1CCOCC1. The molecule has 0 aliphatic carbocycles. The molecule has 2 atom stereocenters. The number of hydrogen-bond acceptors (Lipinski definition) is 3. The molecule has 1 heterocycles. The molecule has 84 valence electrons. The highest BCUT2D eigenvalue weighted by Gasteiger charge is 2.21. The topological polar surface area (TPSA) is 24.5 Å². The second-order valence-corrected chi connectivity index (χ2v) is 4.13. The molecule has 1 fully saturated rings. The third-order valence-electron chi connectivity index (χ3n) is 3.06. The summed E-state index contributed by atoms with van der Waals surface area (Å²) in [5.74, 6) is 0. The Balaban J connectivity index is 2.26. The van der Waals surface area contributed by atoms with Crippen LogP contribution in [-0.4, -0.2) is 49.8 Å². The first-order chi connectivity index (χ1) is 6.75. The van der Waals surface area contributed by atoms with E-state index in [0.717, 1.165) is 32.8 Å². The van der Waals surface area contributed by atoms with Gasteiger partial charge in [0.2, 0.25) is 0 Å². The Morgan fingerprint density at radius 2 is 1.93 bits per heavy atom. The maximum absolute atomic E-state index is 5.35. The van der Waals surface area contributed by atoms with E-state index in [0.29, 0.717) is 12.1 Å². The highest BCUT2D eigenvalue weighted by atomic mass is 16.5. The van der Waals surface area contributed by atoms with Gasteiger partial charge in [-0.15, -0.1) is 0 Å². The fourth-order valence-electron chi connectivity index (χ4n) is 1.84. The van der Waals surface area contributed by atoms with Gasteiger partial charge in [-0.2, -0.15) is 0 Å². The molecule has 3 heteroatoms. The molecule has 0 radical (unpaired) electrons. The number of nitrogens with one attached hydrogen (secondary N) is 1. The average molecular weight is 200 g/mol. The molecule has 1 rings (SSSR count). The number of morpholine rings is 1. The first kappa shape index (κ1) is 12.0. The van der Waals surface area contributed by atoms with E-state index in [4.69, 9.17) is 4.74 Å². The molecular weight excluding hydrogens is 176 g/mol. The van der Waals surface area contributed by atoms with Gasteiger partial charge in [-0.1, -0.05) is 6.92 Å². The minimum atomic E-state index is 0.577. The van der Waals surface area contributed by atoms with Crippen LogP contribution in [-0.2, 0) is 4.74 Å². The lowest BCUT2D eigenvalue weighted by molar-refractivity contribution is 0.0137. The predicted molar refractivity (Wildman–Crippen MR) is 59.6 cm³/mol. The molecule has 0 aromatic carbocycles. The molecule has 14 heavy (non-hydrogen) atoms. The molecule has 1 aliphatic heterocycles. The van der Waals surface area contributed by atoms with Crippen molar-refractivity contribution in [3.05, 3.63) is 0 Å². The van der Waals surface area contributed by atoms with Gasteiger partial charge in [0, 0.05) is 25.2 Å². The summed E-state index contributed by atoms with van der Waals surface area (Å²) in [4.78, 5) is 2.51. The van der Waals surface area contributed by atoms with E-state index in [1.54, 1.807) is 0 Å². The van der Waals surface area contributed by atoms with Crippen molar-refractivity contribution in [2.45, 2.75) is 39.3 Å². The molecule has 2 unspecified atom stereocenters. The molecule has 0 aromatic heterocycles. The van der Waals surface area contributed by atoms with Crippen LogP contribution < -0.4 is 5.32 Å². The lowest BCUT2D eigenvalue weighted by atomic mass is 10.1. The average Bonchev–Trinajstić information content (AvgIpc) is 2.26. The van der Waals surface area contributed by atoms with E-state index in [1.165, 1.54) is 6.42 Å². The summed E-state index contributed by atoms with van der Waals surface area (Å²) in [7, 11) is 0. The quantitative estimate of drug-likeness (QED) is 0.719. The van der Waals surface area contributed by atoms with Gasteiger partial charge in [0.1, 0.15) is 0 Å². The summed E-state index contributed by atoms with van der Waals surface area (Å²) in [5.41, 5.74) is 0. The smallest absolute Gasteiger partial charge is 0.0594 e. The fourth-order valence-corrected chi connectivity index (χ4v) is 1.84. The van der Waals surface area contributed by atoms with Crippen molar-refractivity contribution in [1.82, 2.24) is 10.2 Å². The maximum atomic E-state index is 5.35. The Hall–Kier alpha value is -0.120. The van der Waals surface area contributed by atoms with Crippen LogP contribution in [0.4, 0.5) is 0 Å². The molecule has 0 amide bonds. The Morgan fingerprint density at radius 3 is 2.50 bits per heavy atom. The highest BCUT2D eigenvalue weighted by Crippen LogP contribution is 2.07. The predicted octanol–water partition coefficient (Wildman–Crippen LogP) is 1.10. The Labute approximate surface area is 87.8 Å². The van der Waals surface area contributed by atoms with Crippen LogP contribution in [0.15, 0.2) is 0 Å². The first-order valence-corrected chi connectivity index (χ1v) is 5.81. The van der Waals surface area contributed by atoms with Crippen LogP contribution in [0, 0.1) is 0 Å². The van der Waals surface area contributed by atoms with Crippen molar-refractivity contribution < 1.29 is 4.74 Å². The Kier molecular flexibility index (Phi) is 5.45. The van der Waals surface area contributed by atoms with Crippen molar-refractivity contribution >= 4 is 0 Å². The van der Waals surface area contributed by atoms with E-state index in [1.807, 2.05) is 0 Å². The summed E-state index contributed by atoms with van der Waals surface area (Å²) in [6.45, 7) is 11.9. The number of rotatable bonds is 5. The van der Waals surface area contributed by atoms with Crippen molar-refractivity contribution in [3.8, 4) is 0 Å². The molecule has 0 aromatic rings. The van der Waals surface area contributed by atoms with Crippen LogP contribution in [0.1, 0.15) is 27.2 Å². The van der Waals surface area contributed by atoms with Crippen LogP contribution in [0.2, 0.25) is 0 Å². The molecule has 1 saturated heterocycles. The molecule has 0 saturated carbocycles. The van der Waals surface area contributed by atoms with E-state index < -0.39 is 0 Å². The zero-order valence-electron chi connectivity index (χ0n) is 9.75. The summed E-state index contributed by atoms with van der Waals surface area (Å²) in [5, 5.41) is 3.55. The van der Waals surface area contributed by atoms with Crippen molar-refractivity contribution in [2.24, 2.45) is 0 Å². The third-order valence-corrected chi connectivity index (χ3v) is 3.06. The first-order valence-electron chi connectivity index (χ1n) is 5.81. The zero-order valence-corrected chi connectivity index (χ0v) is 9.75. The van der Waals surface area contributed by atoms with Crippen molar-refractivity contribution in [1.29, 1.82) is 0 Å². The molecule has 0 bridgehead atoms. The van der Waals surface area contributed by atoms with E-state index in [2.05, 4.69) is 31.0 Å². The molecule has 3 nitrogen and oxygen atoms in total. The van der Waals surface area contributed by atoms with Gasteiger partial charge < -0.3 is 10.1 Å². The summed E-state index contributed by atoms with van der Waals surface area (Å²) >= 11 is 0. The normalized spacial score (nSPS) is 23.4. The van der Waals surface area contributed by atoms with Gasteiger partial charge >= 0.3 is 0 Å². The van der Waals surface area contributed by atoms with Crippen molar-refractivity contribution in [2.75, 3.05) is 32.8 Å². The van der Waals surface area contributed by atoms with Gasteiger partial charge in [-0.3, -0.25) is 4.90 Å². The van der Waals surface area contributed by atoms with E-state index in [-0.39, 0.29) is 0 Å². The largest absolute Gasteiger partial charge is 0.379 e.